The van der Waals surface area contributed by atoms with Crippen molar-refractivity contribution in [2.75, 3.05) is 36.8 Å². The standard InChI is InChI=1S/C33H37N3O4.C2HF3O2/c1-2-9-31(38)34-28-16-14-24(15-17-28)29(37)22-36-20-18-25(19-21-36)30(23-36)40-33(39)32(26-10-5-3-6-11-26)35-27-12-7-4-8-13-27;3-2(4,5)1(6)7/h3-8,10-17,25,30,32,35H,2,9,18-23H2,1H3;(H,6,7)/t25?,30-,32+,36?;/m0./s1. The van der Waals surface area contributed by atoms with Gasteiger partial charge in [-0.3, -0.25) is 9.59 Å². The molecular weight excluding hydrogens is 615 g/mol. The lowest BCUT2D eigenvalue weighted by molar-refractivity contribution is -0.938. The zero-order chi connectivity index (χ0) is 34.0. The SMILES string of the molecule is CCCC(=O)Nc1ccc(C(=O)C[N+]23CCC(CC2)[C@@H](OC(=O)[C@H](Nc2ccccc2)c2ccccc2)C3)cc1.O=C([O-])C(F)(F)F. The van der Waals surface area contributed by atoms with Crippen LogP contribution in [0.3, 0.4) is 0 Å². The molecule has 0 saturated carbocycles. The molecule has 47 heavy (non-hydrogen) atoms. The first-order chi connectivity index (χ1) is 22.4. The lowest BCUT2D eigenvalue weighted by atomic mass is 9.82. The van der Waals surface area contributed by atoms with Crippen molar-refractivity contribution >= 4 is 35.0 Å². The van der Waals surface area contributed by atoms with Gasteiger partial charge in [-0.25, -0.2) is 4.79 Å². The summed E-state index contributed by atoms with van der Waals surface area (Å²) in [5.41, 5.74) is 3.04. The second kappa shape index (κ2) is 15.7. The fourth-order valence-electron chi connectivity index (χ4n) is 6.00. The number of para-hydroxylation sites is 1. The number of ketones is 1. The summed E-state index contributed by atoms with van der Waals surface area (Å²) < 4.78 is 38.4. The number of nitrogens with one attached hydrogen (secondary N) is 2. The number of esters is 1. The Morgan fingerprint density at radius 1 is 0.894 bits per heavy atom. The molecule has 3 aliphatic heterocycles. The maximum Gasteiger partial charge on any atom is 0.430 e. The number of Topliss-reactive ketones (excluding diaryl/α,β-unsaturated/α-hetero) is 1. The average Bonchev–Trinajstić information content (AvgIpc) is 3.05. The van der Waals surface area contributed by atoms with Gasteiger partial charge in [-0.05, 0) is 48.4 Å². The number of carbonyl (C=O) groups excluding carboxylic acids is 4. The maximum atomic E-state index is 13.6. The van der Waals surface area contributed by atoms with Crippen LogP contribution in [0.2, 0.25) is 0 Å². The number of hydrogen-bond donors (Lipinski definition) is 2. The van der Waals surface area contributed by atoms with Crippen molar-refractivity contribution in [3.63, 3.8) is 0 Å². The molecule has 3 fully saturated rings. The number of carbonyl (C=O) groups is 4. The molecule has 3 saturated heterocycles. The molecule has 1 amide bonds. The molecule has 12 heteroatoms. The summed E-state index contributed by atoms with van der Waals surface area (Å²) in [6, 6.07) is 25.9. The Balaban J connectivity index is 0.000000644. The van der Waals surface area contributed by atoms with E-state index in [1.807, 2.05) is 67.6 Å². The number of anilines is 2. The van der Waals surface area contributed by atoms with E-state index in [0.29, 0.717) is 41.2 Å². The predicted octanol–water partition coefficient (Wildman–Crippen LogP) is 4.91. The molecule has 6 rings (SSSR count). The Kier molecular flexibility index (Phi) is 11.8. The van der Waals surface area contributed by atoms with Crippen LogP contribution in [0, 0.1) is 5.92 Å². The van der Waals surface area contributed by atoms with Crippen LogP contribution in [0.4, 0.5) is 24.5 Å². The number of amides is 1. The number of piperidine rings is 3. The summed E-state index contributed by atoms with van der Waals surface area (Å²) in [4.78, 5) is 47.6. The first-order valence-corrected chi connectivity index (χ1v) is 15.5. The van der Waals surface area contributed by atoms with E-state index < -0.39 is 18.2 Å². The van der Waals surface area contributed by atoms with Crippen LogP contribution in [0.1, 0.15) is 54.6 Å². The lowest BCUT2D eigenvalue weighted by Gasteiger charge is -2.51. The van der Waals surface area contributed by atoms with E-state index in [0.717, 1.165) is 43.6 Å². The predicted molar refractivity (Wildman–Crippen MR) is 167 cm³/mol. The number of hydrogen-bond acceptors (Lipinski definition) is 7. The average molecular weight is 654 g/mol. The minimum Gasteiger partial charge on any atom is -0.542 e. The maximum absolute atomic E-state index is 13.6. The monoisotopic (exact) mass is 653 g/mol. The van der Waals surface area contributed by atoms with E-state index in [1.165, 1.54) is 0 Å². The van der Waals surface area contributed by atoms with Crippen LogP contribution in [-0.2, 0) is 19.1 Å². The summed E-state index contributed by atoms with van der Waals surface area (Å²) in [6.07, 6.45) is -2.27. The van der Waals surface area contributed by atoms with Gasteiger partial charge in [0.2, 0.25) is 11.7 Å². The number of ether oxygens (including phenoxy) is 1. The van der Waals surface area contributed by atoms with Gasteiger partial charge in [-0.1, -0.05) is 55.5 Å². The number of benzene rings is 3. The fraction of sp³-hybridized carbons (Fsp3) is 0.371. The van der Waals surface area contributed by atoms with Gasteiger partial charge < -0.3 is 29.8 Å². The fourth-order valence-corrected chi connectivity index (χ4v) is 6.00. The van der Waals surface area contributed by atoms with Crippen LogP contribution < -0.4 is 15.7 Å². The van der Waals surface area contributed by atoms with Crippen molar-refractivity contribution in [3.05, 3.63) is 96.1 Å². The molecule has 250 valence electrons. The number of nitrogens with zero attached hydrogens (tertiary/aromatic N) is 1. The van der Waals surface area contributed by atoms with Crippen LogP contribution in [0.5, 0.6) is 0 Å². The highest BCUT2D eigenvalue weighted by atomic mass is 19.4. The summed E-state index contributed by atoms with van der Waals surface area (Å²) >= 11 is 0. The Bertz CT molecular complexity index is 1510. The number of quaternary nitrogens is 1. The molecule has 0 unspecified atom stereocenters. The third-order valence-corrected chi connectivity index (χ3v) is 8.44. The topological polar surface area (TPSA) is 125 Å². The Morgan fingerprint density at radius 3 is 2.02 bits per heavy atom. The lowest BCUT2D eigenvalue weighted by Crippen LogP contribution is -2.65. The van der Waals surface area contributed by atoms with Crippen molar-refractivity contribution in [2.45, 2.75) is 50.9 Å². The van der Waals surface area contributed by atoms with Gasteiger partial charge in [-0.2, -0.15) is 13.2 Å². The molecule has 2 atom stereocenters. The van der Waals surface area contributed by atoms with E-state index in [4.69, 9.17) is 14.6 Å². The first kappa shape index (κ1) is 35.1. The van der Waals surface area contributed by atoms with Gasteiger partial charge in [-0.15, -0.1) is 0 Å². The van der Waals surface area contributed by atoms with Crippen LogP contribution in [-0.4, -0.2) is 66.6 Å². The highest BCUT2D eigenvalue weighted by Gasteiger charge is 2.49. The third-order valence-electron chi connectivity index (χ3n) is 8.44. The first-order valence-electron chi connectivity index (χ1n) is 15.5. The molecular formula is C35H38F3N3O6. The van der Waals surface area contributed by atoms with E-state index in [1.54, 1.807) is 24.3 Å². The van der Waals surface area contributed by atoms with Gasteiger partial charge in [0, 0.05) is 42.1 Å². The van der Waals surface area contributed by atoms with Gasteiger partial charge in [0.15, 0.2) is 12.1 Å². The van der Waals surface area contributed by atoms with E-state index in [-0.39, 0.29) is 23.8 Å². The largest absolute Gasteiger partial charge is 0.542 e. The quantitative estimate of drug-likeness (QED) is 0.171. The molecule has 3 aromatic carbocycles. The Morgan fingerprint density at radius 2 is 1.47 bits per heavy atom. The molecule has 3 aliphatic rings. The number of carboxylic acid groups (broad SMARTS) is 1. The van der Waals surface area contributed by atoms with Gasteiger partial charge in [0.25, 0.3) is 0 Å². The number of aliphatic carboxylic acids is 1. The normalized spacial score (nSPS) is 20.6. The number of fused-ring (bicyclic) bond motifs is 3. The molecule has 0 spiro atoms. The molecule has 3 heterocycles. The Hall–Kier alpha value is -4.71. The Labute approximate surface area is 271 Å². The van der Waals surface area contributed by atoms with Crippen molar-refractivity contribution in [1.29, 1.82) is 0 Å². The number of rotatable bonds is 11. The van der Waals surface area contributed by atoms with Crippen LogP contribution in [0.25, 0.3) is 0 Å². The molecule has 0 aliphatic carbocycles. The van der Waals surface area contributed by atoms with Crippen molar-refractivity contribution in [1.82, 2.24) is 0 Å². The van der Waals surface area contributed by atoms with Gasteiger partial charge in [0.1, 0.15) is 19.1 Å². The minimum atomic E-state index is -5.19. The second-order valence-corrected chi connectivity index (χ2v) is 11.9. The summed E-state index contributed by atoms with van der Waals surface area (Å²) in [5, 5.41) is 15.0. The van der Waals surface area contributed by atoms with Gasteiger partial charge >= 0.3 is 12.1 Å². The second-order valence-electron chi connectivity index (χ2n) is 11.9. The minimum absolute atomic E-state index is 0.0230. The van der Waals surface area contributed by atoms with Crippen LogP contribution >= 0.6 is 0 Å². The molecule has 0 aromatic heterocycles. The van der Waals surface area contributed by atoms with Crippen LogP contribution in [0.15, 0.2) is 84.9 Å². The molecule has 3 aromatic rings. The van der Waals surface area contributed by atoms with Crippen molar-refractivity contribution < 1.29 is 46.7 Å². The molecule has 2 bridgehead atoms. The van der Waals surface area contributed by atoms with Crippen molar-refractivity contribution in [3.8, 4) is 0 Å². The summed E-state index contributed by atoms with van der Waals surface area (Å²) in [6.45, 7) is 4.83. The summed E-state index contributed by atoms with van der Waals surface area (Å²) in [5.74, 6) is -2.93. The molecule has 9 nitrogen and oxygen atoms in total. The zero-order valence-corrected chi connectivity index (χ0v) is 26.0. The molecule has 0 radical (unpaired) electrons. The molecule has 2 N–H and O–H groups in total. The zero-order valence-electron chi connectivity index (χ0n) is 26.0. The summed E-state index contributed by atoms with van der Waals surface area (Å²) in [7, 11) is 0. The number of halogens is 3. The van der Waals surface area contributed by atoms with E-state index in [2.05, 4.69) is 10.6 Å². The highest BCUT2D eigenvalue weighted by Crippen LogP contribution is 2.37. The highest BCUT2D eigenvalue weighted by molar-refractivity contribution is 5.98. The van der Waals surface area contributed by atoms with E-state index in [9.17, 15) is 27.6 Å². The van der Waals surface area contributed by atoms with E-state index >= 15 is 0 Å². The third kappa shape index (κ3) is 9.89. The number of alkyl halides is 3. The van der Waals surface area contributed by atoms with Crippen molar-refractivity contribution in [2.24, 2.45) is 5.92 Å². The van der Waals surface area contributed by atoms with Gasteiger partial charge in [0.05, 0.1) is 13.1 Å². The number of carboxylic acids is 1. The smallest absolute Gasteiger partial charge is 0.430 e.